The van der Waals surface area contributed by atoms with Crippen molar-refractivity contribution in [3.05, 3.63) is 212 Å². The predicted octanol–water partition coefficient (Wildman–Crippen LogP) is 15.9. The molecule has 0 aliphatic heterocycles. The molecule has 0 radical (unpaired) electrons. The van der Waals surface area contributed by atoms with Crippen LogP contribution in [0.25, 0.3) is 105 Å². The van der Waals surface area contributed by atoms with Crippen molar-refractivity contribution in [2.24, 2.45) is 0 Å². The maximum absolute atomic E-state index is 6.67. The number of oxazole rings is 1. The highest BCUT2D eigenvalue weighted by Gasteiger charge is 2.23. The number of aromatic nitrogens is 2. The lowest BCUT2D eigenvalue weighted by Gasteiger charge is -2.27. The van der Waals surface area contributed by atoms with Gasteiger partial charge in [-0.05, 0) is 112 Å². The highest BCUT2D eigenvalue weighted by Crippen LogP contribution is 2.46. The molecule has 62 heavy (non-hydrogen) atoms. The largest absolute Gasteiger partial charge is 0.456 e. The van der Waals surface area contributed by atoms with Gasteiger partial charge in [0.2, 0.25) is 5.89 Å². The Morgan fingerprint density at radius 3 is 1.97 bits per heavy atom. The highest BCUT2D eigenvalue weighted by atomic mass is 16.3. The third kappa shape index (κ3) is 5.25. The number of para-hydroxylation sites is 3. The number of anilines is 3. The molecule has 13 rings (SSSR count). The number of nitrogens with zero attached hydrogens (tertiary/aromatic N) is 3. The van der Waals surface area contributed by atoms with E-state index in [2.05, 4.69) is 179 Å². The van der Waals surface area contributed by atoms with Crippen LogP contribution in [0, 0.1) is 0 Å². The maximum Gasteiger partial charge on any atom is 0.227 e. The van der Waals surface area contributed by atoms with Gasteiger partial charge in [0.15, 0.2) is 5.58 Å². The molecule has 3 heterocycles. The molecule has 0 saturated heterocycles. The Hall–Kier alpha value is -8.41. The third-order valence-electron chi connectivity index (χ3n) is 12.4. The van der Waals surface area contributed by atoms with E-state index in [0.29, 0.717) is 5.89 Å². The SMILES string of the molecule is c1ccc(-c2nc3ccc4ccc5ccc(N(c6ccc(-c7cccc8oc9ccccc9c78)cc6)c6cccc7c6c6ccccc6n7-c6ccccc6)cc5c4c3o2)cc1. The maximum atomic E-state index is 6.67. The topological polar surface area (TPSA) is 47.3 Å². The lowest BCUT2D eigenvalue weighted by molar-refractivity contribution is 0.623. The van der Waals surface area contributed by atoms with Crippen LogP contribution < -0.4 is 4.90 Å². The number of furan rings is 1. The Labute approximate surface area is 355 Å². The van der Waals surface area contributed by atoms with Gasteiger partial charge >= 0.3 is 0 Å². The van der Waals surface area contributed by atoms with Crippen LogP contribution in [0.15, 0.2) is 221 Å². The molecule has 13 aromatic rings. The van der Waals surface area contributed by atoms with Gasteiger partial charge in [0.1, 0.15) is 16.7 Å². The van der Waals surface area contributed by atoms with Crippen LogP contribution >= 0.6 is 0 Å². The van der Waals surface area contributed by atoms with E-state index in [4.69, 9.17) is 13.8 Å². The first kappa shape index (κ1) is 34.5. The third-order valence-corrected chi connectivity index (χ3v) is 12.4. The summed E-state index contributed by atoms with van der Waals surface area (Å²) in [5.74, 6) is 0.614. The molecule has 0 atom stereocenters. The van der Waals surface area contributed by atoms with E-state index in [0.717, 1.165) is 105 Å². The molecular formula is C57H35N3O2. The van der Waals surface area contributed by atoms with Crippen LogP contribution in [0.5, 0.6) is 0 Å². The number of benzene rings is 10. The number of fused-ring (bicyclic) bond motifs is 11. The number of hydrogen-bond acceptors (Lipinski definition) is 4. The quantitative estimate of drug-likeness (QED) is 0.157. The Kier molecular flexibility index (Phi) is 7.54. The Morgan fingerprint density at radius 2 is 1.10 bits per heavy atom. The first-order chi connectivity index (χ1) is 30.7. The second-order valence-electron chi connectivity index (χ2n) is 15.9. The van der Waals surface area contributed by atoms with Gasteiger partial charge in [-0.3, -0.25) is 0 Å². The van der Waals surface area contributed by atoms with Crippen molar-refractivity contribution >= 4 is 93.5 Å². The highest BCUT2D eigenvalue weighted by molar-refractivity contribution is 6.20. The van der Waals surface area contributed by atoms with Crippen LogP contribution in [0.1, 0.15) is 0 Å². The second kappa shape index (κ2) is 13.6. The molecule has 0 N–H and O–H groups in total. The van der Waals surface area contributed by atoms with Crippen LogP contribution in [-0.2, 0) is 0 Å². The van der Waals surface area contributed by atoms with Crippen molar-refractivity contribution in [1.82, 2.24) is 9.55 Å². The lowest BCUT2D eigenvalue weighted by Crippen LogP contribution is -2.10. The summed E-state index contributed by atoms with van der Waals surface area (Å²) in [5, 5.41) is 8.97. The predicted molar refractivity (Wildman–Crippen MR) is 256 cm³/mol. The first-order valence-electron chi connectivity index (χ1n) is 21.0. The number of rotatable bonds is 6. The lowest BCUT2D eigenvalue weighted by atomic mass is 9.98. The molecule has 290 valence electrons. The summed E-state index contributed by atoms with van der Waals surface area (Å²) in [6, 6.07) is 75.2. The van der Waals surface area contributed by atoms with E-state index in [1.165, 1.54) is 10.8 Å². The molecule has 0 saturated carbocycles. The Morgan fingerprint density at radius 1 is 0.419 bits per heavy atom. The molecule has 5 heteroatoms. The first-order valence-corrected chi connectivity index (χ1v) is 21.0. The monoisotopic (exact) mass is 793 g/mol. The van der Waals surface area contributed by atoms with Gasteiger partial charge in [0.25, 0.3) is 0 Å². The minimum Gasteiger partial charge on any atom is -0.456 e. The van der Waals surface area contributed by atoms with Crippen LogP contribution in [0.2, 0.25) is 0 Å². The van der Waals surface area contributed by atoms with Gasteiger partial charge in [-0.1, -0.05) is 127 Å². The van der Waals surface area contributed by atoms with Gasteiger partial charge in [-0.25, -0.2) is 4.98 Å². The molecule has 0 fully saturated rings. The molecule has 0 bridgehead atoms. The van der Waals surface area contributed by atoms with Gasteiger partial charge in [0, 0.05) is 49.6 Å². The van der Waals surface area contributed by atoms with E-state index in [9.17, 15) is 0 Å². The summed E-state index contributed by atoms with van der Waals surface area (Å²) in [6.07, 6.45) is 0. The number of hydrogen-bond donors (Lipinski definition) is 0. The molecule has 0 spiro atoms. The smallest absolute Gasteiger partial charge is 0.227 e. The summed E-state index contributed by atoms with van der Waals surface area (Å²) >= 11 is 0. The standard InChI is InChI=1S/C57H35N3O2/c1-3-13-39(14-4-1)57-58-47-34-30-38-26-25-37-29-33-42(35-46(37)53(38)56(47)62-57)59(41-31-27-36(28-32-41)43-19-11-24-52-54(43)45-18-8-10-23-51(45)61-52)49-21-12-22-50-55(49)44-17-7-9-20-48(44)60(50)40-15-5-2-6-16-40/h1-35H. The zero-order valence-corrected chi connectivity index (χ0v) is 33.4. The average molecular weight is 794 g/mol. The van der Waals surface area contributed by atoms with Crippen LogP contribution in [0.3, 0.4) is 0 Å². The summed E-state index contributed by atoms with van der Waals surface area (Å²) in [7, 11) is 0. The van der Waals surface area contributed by atoms with E-state index < -0.39 is 0 Å². The van der Waals surface area contributed by atoms with Crippen molar-refractivity contribution in [1.29, 1.82) is 0 Å². The fourth-order valence-electron chi connectivity index (χ4n) is 9.63. The normalized spacial score (nSPS) is 11.9. The van der Waals surface area contributed by atoms with E-state index in [1.807, 2.05) is 42.5 Å². The summed E-state index contributed by atoms with van der Waals surface area (Å²) < 4.78 is 15.3. The zero-order chi connectivity index (χ0) is 40.7. The summed E-state index contributed by atoms with van der Waals surface area (Å²) in [5.41, 5.74) is 13.2. The van der Waals surface area contributed by atoms with Crippen LogP contribution in [-0.4, -0.2) is 9.55 Å². The Balaban J connectivity index is 1.06. The minimum atomic E-state index is 0.614. The van der Waals surface area contributed by atoms with E-state index in [1.54, 1.807) is 0 Å². The van der Waals surface area contributed by atoms with Gasteiger partial charge in [-0.15, -0.1) is 0 Å². The molecule has 5 nitrogen and oxygen atoms in total. The van der Waals surface area contributed by atoms with Crippen molar-refractivity contribution < 1.29 is 8.83 Å². The van der Waals surface area contributed by atoms with E-state index in [-0.39, 0.29) is 0 Å². The van der Waals surface area contributed by atoms with Gasteiger partial charge in [-0.2, -0.15) is 0 Å². The fraction of sp³-hybridized carbons (Fsp3) is 0. The van der Waals surface area contributed by atoms with E-state index >= 15 is 0 Å². The summed E-state index contributed by atoms with van der Waals surface area (Å²) in [4.78, 5) is 7.38. The van der Waals surface area contributed by atoms with Crippen molar-refractivity contribution in [3.63, 3.8) is 0 Å². The summed E-state index contributed by atoms with van der Waals surface area (Å²) in [6.45, 7) is 0. The average Bonchev–Trinajstić information content (AvgIpc) is 4.05. The molecule has 0 aliphatic carbocycles. The Bertz CT molecular complexity index is 3860. The van der Waals surface area contributed by atoms with Gasteiger partial charge < -0.3 is 18.3 Å². The molecule has 0 unspecified atom stereocenters. The minimum absolute atomic E-state index is 0.614. The molecule has 10 aromatic carbocycles. The second-order valence-corrected chi connectivity index (χ2v) is 15.9. The molecule has 0 amide bonds. The van der Waals surface area contributed by atoms with Gasteiger partial charge in [0.05, 0.1) is 16.7 Å². The van der Waals surface area contributed by atoms with Crippen molar-refractivity contribution in [2.45, 2.75) is 0 Å². The van der Waals surface area contributed by atoms with Crippen molar-refractivity contribution in [3.8, 4) is 28.3 Å². The molecule has 3 aromatic heterocycles. The van der Waals surface area contributed by atoms with Crippen molar-refractivity contribution in [2.75, 3.05) is 4.90 Å². The molecular weight excluding hydrogens is 759 g/mol. The fourth-order valence-corrected chi connectivity index (χ4v) is 9.63. The zero-order valence-electron chi connectivity index (χ0n) is 33.4. The van der Waals surface area contributed by atoms with Crippen LogP contribution in [0.4, 0.5) is 17.1 Å². The molecule has 0 aliphatic rings.